The van der Waals surface area contributed by atoms with E-state index < -0.39 is 5.41 Å². The number of aliphatic hydroxyl groups excluding tert-OH is 1. The van der Waals surface area contributed by atoms with Gasteiger partial charge in [0.05, 0.1) is 5.41 Å². The van der Waals surface area contributed by atoms with E-state index in [1.165, 1.54) is 11.6 Å². The Labute approximate surface area is 165 Å². The first-order chi connectivity index (χ1) is 13.2. The first-order valence-corrected chi connectivity index (χ1v) is 9.95. The fraction of sp³-hybridized carbons (Fsp3) is 0.417. The Morgan fingerprint density at radius 1 is 0.929 bits per heavy atom. The van der Waals surface area contributed by atoms with E-state index in [1.807, 2.05) is 47.6 Å². The van der Waals surface area contributed by atoms with Gasteiger partial charge < -0.3 is 9.52 Å². The van der Waals surface area contributed by atoms with Gasteiger partial charge in [-0.25, -0.2) is 0 Å². The number of allylic oxidation sites excluding steroid dienone is 1. The van der Waals surface area contributed by atoms with Gasteiger partial charge in [-0.3, -0.25) is 9.59 Å². The molecule has 0 bridgehead atoms. The molecular weight excluding hydrogens is 352 g/mol. The van der Waals surface area contributed by atoms with Crippen molar-refractivity contribution in [3.63, 3.8) is 0 Å². The standard InChI is InChI=1S/C24H28O4/c1-7-16-21(26)20-18(25)12-19(17-11-14(5)13(4)10-15(17)6)28-23(20)24(8-2,9-3)22(16)27/h10-12,26H,7-9H2,1-6H3. The summed E-state index contributed by atoms with van der Waals surface area (Å²) in [7, 11) is 0. The topological polar surface area (TPSA) is 67.5 Å². The molecule has 1 aromatic carbocycles. The maximum atomic E-state index is 13.3. The van der Waals surface area contributed by atoms with Gasteiger partial charge >= 0.3 is 0 Å². The predicted molar refractivity (Wildman–Crippen MR) is 112 cm³/mol. The number of benzene rings is 1. The van der Waals surface area contributed by atoms with E-state index in [2.05, 4.69) is 6.07 Å². The third kappa shape index (κ3) is 2.74. The van der Waals surface area contributed by atoms with Crippen LogP contribution in [0.5, 0.6) is 0 Å². The van der Waals surface area contributed by atoms with Crippen molar-refractivity contribution in [2.24, 2.45) is 0 Å². The van der Waals surface area contributed by atoms with Gasteiger partial charge in [0.25, 0.3) is 0 Å². The molecule has 3 rings (SSSR count). The molecule has 28 heavy (non-hydrogen) atoms. The Hall–Kier alpha value is -2.62. The molecule has 0 unspecified atom stereocenters. The van der Waals surface area contributed by atoms with E-state index in [0.29, 0.717) is 36.4 Å². The first kappa shape index (κ1) is 20.1. The van der Waals surface area contributed by atoms with Crippen LogP contribution in [0.15, 0.2) is 33.0 Å². The summed E-state index contributed by atoms with van der Waals surface area (Å²) in [5.41, 5.74) is 3.34. The molecular formula is C24H28O4. The van der Waals surface area contributed by atoms with E-state index in [0.717, 1.165) is 16.7 Å². The maximum Gasteiger partial charge on any atom is 0.196 e. The van der Waals surface area contributed by atoms with Gasteiger partial charge in [0, 0.05) is 17.2 Å². The quantitative estimate of drug-likeness (QED) is 0.755. The average molecular weight is 380 g/mol. The van der Waals surface area contributed by atoms with Gasteiger partial charge in [-0.2, -0.15) is 0 Å². The van der Waals surface area contributed by atoms with Crippen LogP contribution in [0.2, 0.25) is 0 Å². The monoisotopic (exact) mass is 380 g/mol. The molecule has 1 aromatic heterocycles. The third-order valence-electron chi connectivity index (χ3n) is 6.28. The lowest BCUT2D eigenvalue weighted by atomic mass is 9.68. The summed E-state index contributed by atoms with van der Waals surface area (Å²) in [6, 6.07) is 5.51. The van der Waals surface area contributed by atoms with Crippen LogP contribution in [-0.4, -0.2) is 10.9 Å². The molecule has 0 saturated heterocycles. The summed E-state index contributed by atoms with van der Waals surface area (Å²) >= 11 is 0. The highest BCUT2D eigenvalue weighted by atomic mass is 16.3. The van der Waals surface area contributed by atoms with Gasteiger partial charge in [0.15, 0.2) is 11.2 Å². The summed E-state index contributed by atoms with van der Waals surface area (Å²) in [5, 5.41) is 10.7. The van der Waals surface area contributed by atoms with Crippen LogP contribution in [-0.2, 0) is 10.2 Å². The lowest BCUT2D eigenvalue weighted by Gasteiger charge is -2.35. The van der Waals surface area contributed by atoms with Crippen molar-refractivity contribution in [3.05, 3.63) is 62.0 Å². The van der Waals surface area contributed by atoms with Crippen molar-refractivity contribution >= 4 is 11.5 Å². The van der Waals surface area contributed by atoms with Gasteiger partial charge in [-0.05, 0) is 62.8 Å². The normalized spacial score (nSPS) is 15.7. The molecule has 0 aliphatic heterocycles. The number of hydrogen-bond acceptors (Lipinski definition) is 4. The average Bonchev–Trinajstić information content (AvgIpc) is 2.65. The second-order valence-corrected chi connectivity index (χ2v) is 7.73. The second kappa shape index (κ2) is 7.08. The van der Waals surface area contributed by atoms with Crippen LogP contribution < -0.4 is 5.43 Å². The molecule has 4 heteroatoms. The lowest BCUT2D eigenvalue weighted by molar-refractivity contribution is -0.122. The number of carbonyl (C=O) groups excluding carboxylic acids is 1. The highest BCUT2D eigenvalue weighted by Crippen LogP contribution is 2.45. The summed E-state index contributed by atoms with van der Waals surface area (Å²) in [5.74, 6) is 0.382. The molecule has 0 saturated carbocycles. The minimum atomic E-state index is -0.921. The highest BCUT2D eigenvalue weighted by molar-refractivity contribution is 6.10. The number of ketones is 1. The Balaban J connectivity index is 2.40. The molecule has 0 fully saturated rings. The van der Waals surface area contributed by atoms with Crippen LogP contribution >= 0.6 is 0 Å². The molecule has 4 nitrogen and oxygen atoms in total. The largest absolute Gasteiger partial charge is 0.507 e. The Bertz CT molecular complexity index is 1050. The van der Waals surface area contributed by atoms with E-state index >= 15 is 0 Å². The number of carbonyl (C=O) groups is 1. The lowest BCUT2D eigenvalue weighted by Crippen LogP contribution is -2.41. The minimum absolute atomic E-state index is 0.137. The third-order valence-corrected chi connectivity index (χ3v) is 6.28. The molecule has 2 aromatic rings. The predicted octanol–water partition coefficient (Wildman–Crippen LogP) is 5.55. The van der Waals surface area contributed by atoms with Gasteiger partial charge in [0.2, 0.25) is 0 Å². The SMILES string of the molecule is CCC1=C(O)c2c(oc(-c3cc(C)c(C)cc3C)cc2=O)C(CC)(CC)C1=O. The number of aliphatic hydroxyl groups is 1. The van der Waals surface area contributed by atoms with Crippen LogP contribution in [0, 0.1) is 20.8 Å². The fourth-order valence-electron chi connectivity index (χ4n) is 4.28. The van der Waals surface area contributed by atoms with E-state index in [-0.39, 0.29) is 22.5 Å². The van der Waals surface area contributed by atoms with E-state index in [1.54, 1.807) is 0 Å². The second-order valence-electron chi connectivity index (χ2n) is 7.73. The number of fused-ring (bicyclic) bond motifs is 1. The molecule has 0 amide bonds. The van der Waals surface area contributed by atoms with Crippen LogP contribution in [0.1, 0.15) is 68.0 Å². The molecule has 0 spiro atoms. The number of rotatable bonds is 4. The summed E-state index contributed by atoms with van der Waals surface area (Å²) in [4.78, 5) is 26.3. The zero-order chi connectivity index (χ0) is 20.8. The maximum absolute atomic E-state index is 13.3. The number of aryl methyl sites for hydroxylation is 3. The van der Waals surface area contributed by atoms with Gasteiger partial charge in [-0.15, -0.1) is 0 Å². The summed E-state index contributed by atoms with van der Waals surface area (Å²) < 4.78 is 6.26. The Kier molecular flexibility index (Phi) is 5.09. The molecule has 148 valence electrons. The first-order valence-electron chi connectivity index (χ1n) is 9.95. The van der Waals surface area contributed by atoms with Crippen LogP contribution in [0.25, 0.3) is 17.1 Å². The Morgan fingerprint density at radius 3 is 2.11 bits per heavy atom. The number of Topliss-reactive ketones (excluding diaryl/α,β-unsaturated/α-hetero) is 1. The number of hydrogen-bond donors (Lipinski definition) is 1. The van der Waals surface area contributed by atoms with E-state index in [9.17, 15) is 14.7 Å². The minimum Gasteiger partial charge on any atom is -0.507 e. The molecule has 1 aliphatic carbocycles. The highest BCUT2D eigenvalue weighted by Gasteiger charge is 2.48. The molecule has 1 heterocycles. The zero-order valence-electron chi connectivity index (χ0n) is 17.5. The van der Waals surface area contributed by atoms with Crippen molar-refractivity contribution in [1.29, 1.82) is 0 Å². The zero-order valence-corrected chi connectivity index (χ0v) is 17.5. The van der Waals surface area contributed by atoms with E-state index in [4.69, 9.17) is 4.42 Å². The van der Waals surface area contributed by atoms with Crippen molar-refractivity contribution < 1.29 is 14.3 Å². The van der Waals surface area contributed by atoms with Gasteiger partial charge in [-0.1, -0.05) is 26.8 Å². The summed E-state index contributed by atoms with van der Waals surface area (Å²) in [6.45, 7) is 11.7. The van der Waals surface area contributed by atoms with Gasteiger partial charge in [0.1, 0.15) is 22.8 Å². The van der Waals surface area contributed by atoms with Crippen molar-refractivity contribution in [1.82, 2.24) is 0 Å². The van der Waals surface area contributed by atoms with Crippen molar-refractivity contribution in [3.8, 4) is 11.3 Å². The summed E-state index contributed by atoms with van der Waals surface area (Å²) in [6.07, 6.45) is 1.39. The molecule has 0 radical (unpaired) electrons. The van der Waals surface area contributed by atoms with Crippen molar-refractivity contribution in [2.45, 2.75) is 66.2 Å². The molecule has 1 aliphatic rings. The molecule has 1 N–H and O–H groups in total. The van der Waals surface area contributed by atoms with Crippen molar-refractivity contribution in [2.75, 3.05) is 0 Å². The van der Waals surface area contributed by atoms with Crippen LogP contribution in [0.3, 0.4) is 0 Å². The van der Waals surface area contributed by atoms with Crippen LogP contribution in [0.4, 0.5) is 0 Å². The smallest absolute Gasteiger partial charge is 0.196 e. The Morgan fingerprint density at radius 2 is 1.54 bits per heavy atom. The molecule has 0 atom stereocenters. The fourth-order valence-corrected chi connectivity index (χ4v) is 4.28.